The number of hydrogen-bond acceptors (Lipinski definition) is 2. The smallest absolute Gasteiger partial charge is 0.256 e. The summed E-state index contributed by atoms with van der Waals surface area (Å²) in [6.45, 7) is 8.42. The summed E-state index contributed by atoms with van der Waals surface area (Å²) in [5.41, 5.74) is 2.91. The van der Waals surface area contributed by atoms with Crippen LogP contribution in [0, 0.1) is 12.3 Å². The van der Waals surface area contributed by atoms with E-state index in [4.69, 9.17) is 0 Å². The van der Waals surface area contributed by atoms with Gasteiger partial charge in [-0.2, -0.15) is 0 Å². The van der Waals surface area contributed by atoms with Crippen LogP contribution in [-0.4, -0.2) is 10.9 Å². The van der Waals surface area contributed by atoms with Crippen LogP contribution in [0.4, 0.5) is 5.82 Å². The molecular weight excluding hydrogens is 272 g/mol. The summed E-state index contributed by atoms with van der Waals surface area (Å²) < 4.78 is 0. The van der Waals surface area contributed by atoms with Gasteiger partial charge in [-0.05, 0) is 47.7 Å². The van der Waals surface area contributed by atoms with Crippen LogP contribution in [0.15, 0.2) is 48.7 Å². The molecule has 3 heteroatoms. The Kier molecular flexibility index (Phi) is 4.76. The van der Waals surface area contributed by atoms with E-state index in [0.717, 1.165) is 11.1 Å². The predicted molar refractivity (Wildman–Crippen MR) is 91.9 cm³/mol. The van der Waals surface area contributed by atoms with E-state index in [-0.39, 0.29) is 11.3 Å². The monoisotopic (exact) mass is 294 g/mol. The zero-order valence-electron chi connectivity index (χ0n) is 13.6. The van der Waals surface area contributed by atoms with E-state index in [1.807, 2.05) is 43.3 Å². The van der Waals surface area contributed by atoms with Crippen molar-refractivity contribution >= 4 is 17.8 Å². The number of pyridine rings is 1. The number of nitrogens with zero attached hydrogens (tertiary/aromatic N) is 1. The number of carbonyl (C=O) groups is 1. The normalized spacial score (nSPS) is 11.6. The van der Waals surface area contributed by atoms with Crippen molar-refractivity contribution in [2.45, 2.75) is 27.7 Å². The summed E-state index contributed by atoms with van der Waals surface area (Å²) >= 11 is 0. The molecule has 3 nitrogen and oxygen atoms in total. The number of allylic oxidation sites excluding steroid dienone is 1. The molecule has 0 saturated carbocycles. The average Bonchev–Trinajstić information content (AvgIpc) is 2.45. The van der Waals surface area contributed by atoms with Crippen molar-refractivity contribution in [3.8, 4) is 0 Å². The van der Waals surface area contributed by atoms with Crippen LogP contribution in [0.1, 0.15) is 42.3 Å². The van der Waals surface area contributed by atoms with Crippen molar-refractivity contribution in [1.82, 2.24) is 4.98 Å². The van der Waals surface area contributed by atoms with Crippen molar-refractivity contribution in [3.63, 3.8) is 0 Å². The minimum absolute atomic E-state index is 0.146. The van der Waals surface area contributed by atoms with Gasteiger partial charge in [-0.15, -0.1) is 0 Å². The maximum absolute atomic E-state index is 12.2. The van der Waals surface area contributed by atoms with Crippen LogP contribution in [0.5, 0.6) is 0 Å². The van der Waals surface area contributed by atoms with E-state index in [1.54, 1.807) is 6.20 Å². The number of amides is 1. The zero-order chi connectivity index (χ0) is 16.2. The lowest BCUT2D eigenvalue weighted by molar-refractivity contribution is 0.102. The quantitative estimate of drug-likeness (QED) is 0.891. The molecular formula is C19H22N2O. The van der Waals surface area contributed by atoms with E-state index in [2.05, 4.69) is 43.2 Å². The number of aromatic nitrogens is 1. The van der Waals surface area contributed by atoms with Crippen molar-refractivity contribution in [1.29, 1.82) is 0 Å². The van der Waals surface area contributed by atoms with Gasteiger partial charge >= 0.3 is 0 Å². The van der Waals surface area contributed by atoms with Crippen LogP contribution < -0.4 is 5.32 Å². The second-order valence-corrected chi connectivity index (χ2v) is 6.49. The fourth-order valence-electron chi connectivity index (χ4n) is 1.88. The van der Waals surface area contributed by atoms with Crippen LogP contribution in [0.2, 0.25) is 0 Å². The molecule has 2 rings (SSSR count). The van der Waals surface area contributed by atoms with E-state index >= 15 is 0 Å². The van der Waals surface area contributed by atoms with Crippen molar-refractivity contribution < 1.29 is 4.79 Å². The van der Waals surface area contributed by atoms with Crippen LogP contribution in [0.3, 0.4) is 0 Å². The topological polar surface area (TPSA) is 42.0 Å². The van der Waals surface area contributed by atoms with Gasteiger partial charge in [0.2, 0.25) is 0 Å². The Morgan fingerprint density at radius 1 is 1.14 bits per heavy atom. The standard InChI is InChI=1S/C19H22N2O/c1-14-10-12-20-17(13-14)21-18(22)16-7-5-15(6-8-16)9-11-19(2,3)4/h5-13H,1-4H3,(H,20,21,22). The summed E-state index contributed by atoms with van der Waals surface area (Å²) in [4.78, 5) is 16.3. The molecule has 114 valence electrons. The number of aryl methyl sites for hydroxylation is 1. The third kappa shape index (κ3) is 4.85. The summed E-state index contributed by atoms with van der Waals surface area (Å²) in [5, 5.41) is 2.81. The van der Waals surface area contributed by atoms with Crippen LogP contribution in [-0.2, 0) is 0 Å². The fourth-order valence-corrected chi connectivity index (χ4v) is 1.88. The van der Waals surface area contributed by atoms with E-state index in [1.165, 1.54) is 0 Å². The summed E-state index contributed by atoms with van der Waals surface area (Å²) in [5.74, 6) is 0.422. The molecule has 0 fully saturated rings. The number of benzene rings is 1. The first-order valence-corrected chi connectivity index (χ1v) is 7.37. The zero-order valence-corrected chi connectivity index (χ0v) is 13.6. The minimum atomic E-state index is -0.149. The molecule has 0 bridgehead atoms. The summed E-state index contributed by atoms with van der Waals surface area (Å²) in [7, 11) is 0. The molecule has 1 N–H and O–H groups in total. The maximum Gasteiger partial charge on any atom is 0.256 e. The van der Waals surface area contributed by atoms with E-state index in [9.17, 15) is 4.79 Å². The van der Waals surface area contributed by atoms with Crippen LogP contribution in [0.25, 0.3) is 6.08 Å². The highest BCUT2D eigenvalue weighted by atomic mass is 16.1. The number of rotatable bonds is 3. The van der Waals surface area contributed by atoms with Crippen LogP contribution >= 0.6 is 0 Å². The molecule has 1 aromatic heterocycles. The Morgan fingerprint density at radius 2 is 1.82 bits per heavy atom. The largest absolute Gasteiger partial charge is 0.307 e. The molecule has 0 aliphatic carbocycles. The van der Waals surface area contributed by atoms with Gasteiger partial charge in [0.1, 0.15) is 5.82 Å². The Balaban J connectivity index is 2.07. The first-order chi connectivity index (χ1) is 10.3. The van der Waals surface area contributed by atoms with E-state index in [0.29, 0.717) is 11.4 Å². The van der Waals surface area contributed by atoms with Crippen molar-refractivity contribution in [2.24, 2.45) is 5.41 Å². The van der Waals surface area contributed by atoms with Gasteiger partial charge < -0.3 is 5.32 Å². The highest BCUT2D eigenvalue weighted by molar-refractivity contribution is 6.03. The van der Waals surface area contributed by atoms with E-state index < -0.39 is 0 Å². The third-order valence-corrected chi connectivity index (χ3v) is 3.11. The predicted octanol–water partition coefficient (Wildman–Crippen LogP) is 4.70. The minimum Gasteiger partial charge on any atom is -0.307 e. The first kappa shape index (κ1) is 16.0. The number of nitrogens with one attached hydrogen (secondary N) is 1. The molecule has 1 heterocycles. The Bertz CT molecular complexity index is 679. The maximum atomic E-state index is 12.2. The molecule has 2 aromatic rings. The fraction of sp³-hybridized carbons (Fsp3) is 0.263. The lowest BCUT2D eigenvalue weighted by Crippen LogP contribution is -2.12. The molecule has 0 spiro atoms. The van der Waals surface area contributed by atoms with Gasteiger partial charge in [0.15, 0.2) is 0 Å². The molecule has 0 aliphatic heterocycles. The SMILES string of the molecule is Cc1ccnc(NC(=O)c2ccc(C=CC(C)(C)C)cc2)c1. The number of hydrogen-bond donors (Lipinski definition) is 1. The summed E-state index contributed by atoms with van der Waals surface area (Å²) in [6, 6.07) is 11.3. The summed E-state index contributed by atoms with van der Waals surface area (Å²) in [6.07, 6.45) is 5.91. The molecule has 1 aromatic carbocycles. The van der Waals surface area contributed by atoms with Gasteiger partial charge in [0.25, 0.3) is 5.91 Å². The number of anilines is 1. The van der Waals surface area contributed by atoms with Gasteiger partial charge in [-0.25, -0.2) is 4.98 Å². The van der Waals surface area contributed by atoms with Crippen molar-refractivity contribution in [2.75, 3.05) is 5.32 Å². The van der Waals surface area contributed by atoms with Gasteiger partial charge in [-0.1, -0.05) is 45.1 Å². The molecule has 0 atom stereocenters. The molecule has 0 saturated heterocycles. The Morgan fingerprint density at radius 3 is 2.41 bits per heavy atom. The molecule has 22 heavy (non-hydrogen) atoms. The Labute approximate surface area is 132 Å². The molecule has 0 aliphatic rings. The number of carbonyl (C=O) groups excluding carboxylic acids is 1. The second kappa shape index (κ2) is 6.56. The first-order valence-electron chi connectivity index (χ1n) is 7.37. The Hall–Kier alpha value is -2.42. The molecule has 0 unspecified atom stereocenters. The second-order valence-electron chi connectivity index (χ2n) is 6.49. The van der Waals surface area contributed by atoms with Crippen molar-refractivity contribution in [3.05, 3.63) is 65.4 Å². The van der Waals surface area contributed by atoms with Gasteiger partial charge in [0.05, 0.1) is 0 Å². The molecule has 1 amide bonds. The average molecular weight is 294 g/mol. The highest BCUT2D eigenvalue weighted by Crippen LogP contribution is 2.17. The molecule has 0 radical (unpaired) electrons. The lowest BCUT2D eigenvalue weighted by atomic mass is 9.95. The lowest BCUT2D eigenvalue weighted by Gasteiger charge is -2.11. The van der Waals surface area contributed by atoms with Gasteiger partial charge in [-0.3, -0.25) is 4.79 Å². The highest BCUT2D eigenvalue weighted by Gasteiger charge is 2.07. The third-order valence-electron chi connectivity index (χ3n) is 3.11. The van der Waals surface area contributed by atoms with Gasteiger partial charge in [0, 0.05) is 11.8 Å².